The highest BCUT2D eigenvalue weighted by atomic mass is 32.1. The summed E-state index contributed by atoms with van der Waals surface area (Å²) in [4.78, 5) is 24.3. The summed E-state index contributed by atoms with van der Waals surface area (Å²) in [6, 6.07) is 16.7. The summed E-state index contributed by atoms with van der Waals surface area (Å²) in [5, 5.41) is 0.884. The molecule has 0 aliphatic heterocycles. The van der Waals surface area contributed by atoms with Gasteiger partial charge in [0.1, 0.15) is 6.29 Å². The average molecular weight is 514 g/mol. The van der Waals surface area contributed by atoms with Gasteiger partial charge in [-0.15, -0.1) is 11.3 Å². The van der Waals surface area contributed by atoms with Crippen LogP contribution in [0.15, 0.2) is 60.7 Å². The number of aromatic nitrogens is 1. The Morgan fingerprint density at radius 3 is 2.14 bits per heavy atom. The van der Waals surface area contributed by atoms with Crippen LogP contribution >= 0.6 is 11.3 Å². The van der Waals surface area contributed by atoms with Gasteiger partial charge in [-0.25, -0.2) is 4.98 Å². The third-order valence-corrected chi connectivity index (χ3v) is 5.37. The van der Waals surface area contributed by atoms with Crippen molar-refractivity contribution in [2.45, 2.75) is 80.1 Å². The third kappa shape index (κ3) is 16.0. The van der Waals surface area contributed by atoms with Crippen molar-refractivity contribution in [1.29, 1.82) is 0 Å². The van der Waals surface area contributed by atoms with E-state index in [1.807, 2.05) is 26.0 Å². The first kappa shape index (κ1) is 35.3. The molecule has 0 bridgehead atoms. The van der Waals surface area contributed by atoms with Crippen LogP contribution in [0.25, 0.3) is 10.2 Å². The number of fused-ring (bicyclic) bond motifs is 1. The molecule has 0 atom stereocenters. The second-order valence-corrected chi connectivity index (χ2v) is 9.07. The van der Waals surface area contributed by atoms with Crippen LogP contribution in [0.3, 0.4) is 0 Å². The number of hydrogen-bond acceptors (Lipinski definition) is 5. The molecule has 200 valence electrons. The van der Waals surface area contributed by atoms with Gasteiger partial charge in [-0.1, -0.05) is 90.9 Å². The van der Waals surface area contributed by atoms with E-state index >= 15 is 0 Å². The molecule has 3 aromatic rings. The van der Waals surface area contributed by atoms with Crippen LogP contribution < -0.4 is 11.5 Å². The number of nitrogens with two attached hydrogens (primary N) is 2. The van der Waals surface area contributed by atoms with Gasteiger partial charge in [-0.3, -0.25) is 4.79 Å². The predicted molar refractivity (Wildman–Crippen MR) is 159 cm³/mol. The molecule has 5 nitrogen and oxygen atoms in total. The quantitative estimate of drug-likeness (QED) is 0.257. The van der Waals surface area contributed by atoms with Crippen LogP contribution in [0.1, 0.15) is 83.4 Å². The molecular weight excluding hydrogens is 466 g/mol. The van der Waals surface area contributed by atoms with Crippen molar-refractivity contribution >= 4 is 33.7 Å². The monoisotopic (exact) mass is 513 g/mol. The van der Waals surface area contributed by atoms with Gasteiger partial charge in [-0.2, -0.15) is 0 Å². The van der Waals surface area contributed by atoms with Crippen LogP contribution in [-0.4, -0.2) is 23.7 Å². The molecule has 0 fully saturated rings. The summed E-state index contributed by atoms with van der Waals surface area (Å²) in [6.07, 6.45) is 4.63. The summed E-state index contributed by atoms with van der Waals surface area (Å²) >= 11 is 1.59. The molecule has 0 spiro atoms. The molecule has 1 amide bonds. The van der Waals surface area contributed by atoms with Crippen LogP contribution in [0.5, 0.6) is 0 Å². The van der Waals surface area contributed by atoms with Gasteiger partial charge in [0.05, 0.1) is 15.2 Å². The lowest BCUT2D eigenvalue weighted by Crippen LogP contribution is -2.14. The van der Waals surface area contributed by atoms with Crippen LogP contribution in [-0.2, 0) is 22.4 Å². The minimum atomic E-state index is -0.461. The fourth-order valence-corrected chi connectivity index (χ4v) is 3.70. The van der Waals surface area contributed by atoms with Gasteiger partial charge >= 0.3 is 0 Å². The largest absolute Gasteiger partial charge is 0.366 e. The van der Waals surface area contributed by atoms with E-state index < -0.39 is 5.91 Å². The van der Waals surface area contributed by atoms with Crippen molar-refractivity contribution in [3.63, 3.8) is 0 Å². The van der Waals surface area contributed by atoms with Gasteiger partial charge in [0.2, 0.25) is 5.91 Å². The molecule has 36 heavy (non-hydrogen) atoms. The molecule has 0 unspecified atom stereocenters. The van der Waals surface area contributed by atoms with Crippen LogP contribution in [0, 0.1) is 0 Å². The number of benzene rings is 2. The summed E-state index contributed by atoms with van der Waals surface area (Å²) in [5.41, 5.74) is 14.6. The van der Waals surface area contributed by atoms with E-state index in [0.717, 1.165) is 40.9 Å². The lowest BCUT2D eigenvalue weighted by Gasteiger charge is -2.03. The lowest BCUT2D eigenvalue weighted by molar-refractivity contribution is -0.114. The molecule has 0 radical (unpaired) electrons. The number of hydrogen-bond donors (Lipinski definition) is 2. The molecule has 1 heterocycles. The van der Waals surface area contributed by atoms with Gasteiger partial charge in [0.15, 0.2) is 0 Å². The molecule has 3 rings (SSSR count). The van der Waals surface area contributed by atoms with Gasteiger partial charge in [0, 0.05) is 12.0 Å². The molecule has 0 aliphatic carbocycles. The zero-order chi connectivity index (χ0) is 27.9. The maximum Gasteiger partial charge on any atom is 0.244 e. The van der Waals surface area contributed by atoms with E-state index in [0.29, 0.717) is 17.9 Å². The third-order valence-electron chi connectivity index (χ3n) is 4.35. The second-order valence-electron chi connectivity index (χ2n) is 7.95. The van der Waals surface area contributed by atoms with Gasteiger partial charge in [-0.05, 0) is 55.5 Å². The minimum Gasteiger partial charge on any atom is -0.366 e. The molecule has 0 saturated heterocycles. The second kappa shape index (κ2) is 22.6. The van der Waals surface area contributed by atoms with Crippen molar-refractivity contribution in [1.82, 2.24) is 4.98 Å². The number of thiazole rings is 1. The summed E-state index contributed by atoms with van der Waals surface area (Å²) in [6.45, 7) is 18.5. The van der Waals surface area contributed by atoms with Gasteiger partial charge in [0.25, 0.3) is 0 Å². The Kier molecular flexibility index (Phi) is 22.2. The average Bonchev–Trinajstić information content (AvgIpc) is 3.27. The maximum atomic E-state index is 11.0. The number of amides is 1. The summed E-state index contributed by atoms with van der Waals surface area (Å²) in [5.74, 6) is 0.0395. The molecule has 0 aliphatic rings. The highest BCUT2D eigenvalue weighted by molar-refractivity contribution is 7.18. The standard InChI is InChI=1S/C14H16N2OS.C9H13N.C3H8.C2H4O.C2H6/c1-8(2)10-4-5-11-12(7-10)18-13(16-11)6-9(3)14(15)17;10-8-4-7-9-5-2-1-3-6-9;1-3-2;1-2-3;1-2/h4-5,7-8H,3,6H2,1-2H3,(H2,15,17);1-3,5-6H,4,7-8,10H2;3H2,1-2H3;2H,1H3;1-2H3. The highest BCUT2D eigenvalue weighted by Gasteiger charge is 2.09. The van der Waals surface area contributed by atoms with Crippen LogP contribution in [0.4, 0.5) is 0 Å². The minimum absolute atomic E-state index is 0.401. The number of rotatable bonds is 7. The molecule has 0 saturated carbocycles. The topological polar surface area (TPSA) is 99.1 Å². The van der Waals surface area contributed by atoms with Crippen molar-refractivity contribution in [2.75, 3.05) is 6.54 Å². The first-order valence-corrected chi connectivity index (χ1v) is 13.6. The van der Waals surface area contributed by atoms with Crippen molar-refractivity contribution in [2.24, 2.45) is 11.5 Å². The van der Waals surface area contributed by atoms with E-state index in [1.54, 1.807) is 11.3 Å². The van der Waals surface area contributed by atoms with Gasteiger partial charge < -0.3 is 16.3 Å². The number of carbonyl (C=O) groups is 2. The Morgan fingerprint density at radius 2 is 1.67 bits per heavy atom. The molecule has 2 aromatic carbocycles. The molecule has 4 N–H and O–H groups in total. The zero-order valence-electron chi connectivity index (χ0n) is 23.3. The SMILES string of the molecule is C=C(Cc1nc2ccc(C(C)C)cc2s1)C(N)=O.CC.CC=O.CCC.NCCCc1ccccc1. The number of carbonyl (C=O) groups excluding carboxylic acids is 2. The van der Waals surface area contributed by atoms with E-state index in [1.165, 1.54) is 24.5 Å². The van der Waals surface area contributed by atoms with E-state index in [2.05, 4.69) is 75.7 Å². The normalized spacial score (nSPS) is 9.25. The Balaban J connectivity index is 0. The Hall–Kier alpha value is -2.83. The van der Waals surface area contributed by atoms with E-state index in [4.69, 9.17) is 16.3 Å². The van der Waals surface area contributed by atoms with Crippen molar-refractivity contribution < 1.29 is 9.59 Å². The predicted octanol–water partition coefficient (Wildman–Crippen LogP) is 7.23. The summed E-state index contributed by atoms with van der Waals surface area (Å²) < 4.78 is 1.15. The first-order valence-electron chi connectivity index (χ1n) is 12.7. The number of primary amides is 1. The zero-order valence-corrected chi connectivity index (χ0v) is 24.2. The Labute approximate surface area is 223 Å². The van der Waals surface area contributed by atoms with Crippen LogP contribution in [0.2, 0.25) is 0 Å². The fourth-order valence-electron chi connectivity index (χ4n) is 2.64. The number of aldehydes is 1. The van der Waals surface area contributed by atoms with E-state index in [9.17, 15) is 4.79 Å². The number of aryl methyl sites for hydroxylation is 1. The van der Waals surface area contributed by atoms with Crippen molar-refractivity contribution in [3.05, 3.63) is 76.8 Å². The molecule has 6 heteroatoms. The first-order chi connectivity index (χ1) is 17.2. The van der Waals surface area contributed by atoms with Crippen molar-refractivity contribution in [3.8, 4) is 0 Å². The molecule has 1 aromatic heterocycles. The lowest BCUT2D eigenvalue weighted by atomic mass is 10.0. The highest BCUT2D eigenvalue weighted by Crippen LogP contribution is 2.27. The summed E-state index contributed by atoms with van der Waals surface area (Å²) in [7, 11) is 0. The Bertz CT molecular complexity index is 982. The smallest absolute Gasteiger partial charge is 0.244 e. The van der Waals surface area contributed by atoms with E-state index in [-0.39, 0.29) is 0 Å². The Morgan fingerprint density at radius 1 is 1.11 bits per heavy atom. The molecular formula is C30H47N3O2S. The fraction of sp³-hybridized carbons (Fsp3) is 0.433. The maximum absolute atomic E-state index is 11.0. The number of nitrogens with zero attached hydrogens (tertiary/aromatic N) is 1.